The van der Waals surface area contributed by atoms with E-state index in [2.05, 4.69) is 0 Å². The predicted molar refractivity (Wildman–Crippen MR) is 104 cm³/mol. The van der Waals surface area contributed by atoms with E-state index in [0.717, 1.165) is 22.5 Å². The highest BCUT2D eigenvalue weighted by atomic mass is 16.6. The molecule has 0 saturated carbocycles. The number of phenolic OH excluding ortho intramolecular Hbond substituents is 1. The van der Waals surface area contributed by atoms with Crippen molar-refractivity contribution in [2.75, 3.05) is 5.01 Å². The molecule has 1 aliphatic rings. The number of non-ortho nitro benzene ring substituents is 1. The zero-order chi connectivity index (χ0) is 18.8. The van der Waals surface area contributed by atoms with Crippen LogP contribution in [0.15, 0.2) is 84.0 Å². The van der Waals surface area contributed by atoms with E-state index in [1.54, 1.807) is 24.3 Å². The third-order valence-electron chi connectivity index (χ3n) is 4.62. The van der Waals surface area contributed by atoms with Crippen LogP contribution in [0.2, 0.25) is 0 Å². The van der Waals surface area contributed by atoms with E-state index in [0.29, 0.717) is 6.42 Å². The monoisotopic (exact) mass is 359 g/mol. The molecule has 0 bridgehead atoms. The Hall–Kier alpha value is -3.67. The number of phenols is 1. The Morgan fingerprint density at radius 2 is 1.63 bits per heavy atom. The van der Waals surface area contributed by atoms with Crippen LogP contribution in [0, 0.1) is 10.1 Å². The first-order valence-electron chi connectivity index (χ1n) is 8.57. The van der Waals surface area contributed by atoms with Gasteiger partial charge in [-0.25, -0.2) is 0 Å². The molecular weight excluding hydrogens is 342 g/mol. The van der Waals surface area contributed by atoms with Crippen molar-refractivity contribution in [1.29, 1.82) is 0 Å². The van der Waals surface area contributed by atoms with Crippen molar-refractivity contribution in [2.45, 2.75) is 12.5 Å². The van der Waals surface area contributed by atoms with E-state index in [1.165, 1.54) is 12.1 Å². The number of nitro benzene ring substituents is 1. The molecule has 3 aromatic carbocycles. The van der Waals surface area contributed by atoms with Crippen molar-refractivity contribution in [2.24, 2.45) is 5.10 Å². The summed E-state index contributed by atoms with van der Waals surface area (Å²) in [4.78, 5) is 10.5. The normalized spacial score (nSPS) is 16.2. The van der Waals surface area contributed by atoms with Crippen LogP contribution in [0.25, 0.3) is 0 Å². The molecule has 3 aromatic rings. The van der Waals surface area contributed by atoms with Crippen LogP contribution in [0.3, 0.4) is 0 Å². The van der Waals surface area contributed by atoms with Crippen molar-refractivity contribution in [1.82, 2.24) is 0 Å². The summed E-state index contributed by atoms with van der Waals surface area (Å²) in [5.41, 5.74) is 3.84. The minimum Gasteiger partial charge on any atom is -0.508 e. The average molecular weight is 359 g/mol. The molecule has 6 nitrogen and oxygen atoms in total. The molecule has 0 unspecified atom stereocenters. The molecule has 1 heterocycles. The number of aromatic hydroxyl groups is 1. The first kappa shape index (κ1) is 16.8. The van der Waals surface area contributed by atoms with E-state index in [4.69, 9.17) is 5.10 Å². The lowest BCUT2D eigenvalue weighted by atomic mass is 9.98. The van der Waals surface area contributed by atoms with Crippen molar-refractivity contribution < 1.29 is 10.0 Å². The number of rotatable bonds is 4. The van der Waals surface area contributed by atoms with E-state index in [1.807, 2.05) is 47.5 Å². The van der Waals surface area contributed by atoms with E-state index in [9.17, 15) is 15.2 Å². The van der Waals surface area contributed by atoms with Gasteiger partial charge in [-0.3, -0.25) is 15.1 Å². The predicted octanol–water partition coefficient (Wildman–Crippen LogP) is 4.66. The highest BCUT2D eigenvalue weighted by molar-refractivity contribution is 6.03. The van der Waals surface area contributed by atoms with Gasteiger partial charge in [0.25, 0.3) is 5.69 Å². The van der Waals surface area contributed by atoms with Crippen LogP contribution >= 0.6 is 0 Å². The smallest absolute Gasteiger partial charge is 0.269 e. The van der Waals surface area contributed by atoms with Gasteiger partial charge in [-0.15, -0.1) is 0 Å². The SMILES string of the molecule is O=[N+]([O-])c1ccc(N2N=C(c3ccccc3)C[C@@H]2c2ccc(O)cc2)cc1. The highest BCUT2D eigenvalue weighted by Gasteiger charge is 2.30. The van der Waals surface area contributed by atoms with Gasteiger partial charge in [0.1, 0.15) is 5.75 Å². The van der Waals surface area contributed by atoms with Gasteiger partial charge in [-0.05, 0) is 35.4 Å². The molecule has 0 aliphatic carbocycles. The van der Waals surface area contributed by atoms with Crippen LogP contribution in [-0.4, -0.2) is 15.7 Å². The lowest BCUT2D eigenvalue weighted by Gasteiger charge is -2.24. The van der Waals surface area contributed by atoms with Gasteiger partial charge in [-0.2, -0.15) is 5.10 Å². The van der Waals surface area contributed by atoms with Gasteiger partial charge in [0, 0.05) is 18.6 Å². The second-order valence-corrected chi connectivity index (χ2v) is 6.34. The number of anilines is 1. The lowest BCUT2D eigenvalue weighted by Crippen LogP contribution is -2.18. The molecule has 0 spiro atoms. The number of benzene rings is 3. The van der Waals surface area contributed by atoms with Crippen molar-refractivity contribution >= 4 is 17.1 Å². The van der Waals surface area contributed by atoms with E-state index in [-0.39, 0.29) is 17.5 Å². The molecular formula is C21H17N3O3. The van der Waals surface area contributed by atoms with E-state index < -0.39 is 4.92 Å². The molecule has 27 heavy (non-hydrogen) atoms. The molecule has 1 atom stereocenters. The molecule has 6 heteroatoms. The first-order valence-corrected chi connectivity index (χ1v) is 8.57. The van der Waals surface area contributed by atoms with Crippen molar-refractivity contribution in [3.63, 3.8) is 0 Å². The molecule has 134 valence electrons. The summed E-state index contributed by atoms with van der Waals surface area (Å²) in [6.07, 6.45) is 0.700. The summed E-state index contributed by atoms with van der Waals surface area (Å²) in [5, 5.41) is 27.2. The maximum atomic E-state index is 10.9. The third-order valence-corrected chi connectivity index (χ3v) is 4.62. The standard InChI is InChI=1S/C21H17N3O3/c25-19-12-6-16(7-13-19)21-14-20(15-4-2-1-3-5-15)22-23(21)17-8-10-18(11-9-17)24(26)27/h1-13,21,25H,14H2/t21-/m1/s1. The summed E-state index contributed by atoms with van der Waals surface area (Å²) < 4.78 is 0. The summed E-state index contributed by atoms with van der Waals surface area (Å²) >= 11 is 0. The summed E-state index contributed by atoms with van der Waals surface area (Å²) in [6.45, 7) is 0. The summed E-state index contributed by atoms with van der Waals surface area (Å²) in [5.74, 6) is 0.211. The lowest BCUT2D eigenvalue weighted by molar-refractivity contribution is -0.384. The molecule has 0 amide bonds. The fourth-order valence-electron chi connectivity index (χ4n) is 3.24. The fourth-order valence-corrected chi connectivity index (χ4v) is 3.24. The van der Waals surface area contributed by atoms with Crippen LogP contribution < -0.4 is 5.01 Å². The molecule has 4 rings (SSSR count). The van der Waals surface area contributed by atoms with Gasteiger partial charge in [-0.1, -0.05) is 42.5 Å². The van der Waals surface area contributed by atoms with Crippen LogP contribution in [0.1, 0.15) is 23.6 Å². The number of hydrogen-bond donors (Lipinski definition) is 1. The van der Waals surface area contributed by atoms with E-state index >= 15 is 0 Å². The number of hydrogen-bond acceptors (Lipinski definition) is 5. The first-order chi connectivity index (χ1) is 13.1. The second-order valence-electron chi connectivity index (χ2n) is 6.34. The van der Waals surface area contributed by atoms with Gasteiger partial charge in [0.2, 0.25) is 0 Å². The van der Waals surface area contributed by atoms with Gasteiger partial charge in [0.15, 0.2) is 0 Å². The zero-order valence-electron chi connectivity index (χ0n) is 14.4. The number of nitro groups is 1. The van der Waals surface area contributed by atoms with Crippen molar-refractivity contribution in [3.05, 3.63) is 100 Å². The third kappa shape index (κ3) is 3.37. The molecule has 1 aliphatic heterocycles. The maximum absolute atomic E-state index is 10.9. The Bertz CT molecular complexity index is 983. The number of nitrogens with zero attached hydrogens (tertiary/aromatic N) is 3. The largest absolute Gasteiger partial charge is 0.508 e. The van der Waals surface area contributed by atoms with Gasteiger partial charge in [0.05, 0.1) is 22.4 Å². The maximum Gasteiger partial charge on any atom is 0.269 e. The van der Waals surface area contributed by atoms with Crippen LogP contribution in [0.5, 0.6) is 5.75 Å². The fraction of sp³-hybridized carbons (Fsp3) is 0.0952. The Kier molecular flexibility index (Phi) is 4.30. The Balaban J connectivity index is 1.73. The highest BCUT2D eigenvalue weighted by Crippen LogP contribution is 2.37. The average Bonchev–Trinajstić information content (AvgIpc) is 3.15. The Morgan fingerprint density at radius 3 is 2.26 bits per heavy atom. The minimum absolute atomic E-state index is 0.0476. The minimum atomic E-state index is -0.413. The van der Waals surface area contributed by atoms with Crippen LogP contribution in [0.4, 0.5) is 11.4 Å². The number of hydrazone groups is 1. The Morgan fingerprint density at radius 1 is 0.963 bits per heavy atom. The molecule has 0 aromatic heterocycles. The molecule has 0 fully saturated rings. The van der Waals surface area contributed by atoms with Gasteiger partial charge < -0.3 is 5.11 Å². The second kappa shape index (κ2) is 6.92. The van der Waals surface area contributed by atoms with Crippen LogP contribution in [-0.2, 0) is 0 Å². The summed E-state index contributed by atoms with van der Waals surface area (Å²) in [7, 11) is 0. The molecule has 1 N–H and O–H groups in total. The molecule has 0 saturated heterocycles. The zero-order valence-corrected chi connectivity index (χ0v) is 14.4. The molecule has 0 radical (unpaired) electrons. The Labute approximate surface area is 156 Å². The van der Waals surface area contributed by atoms with Crippen molar-refractivity contribution in [3.8, 4) is 5.75 Å². The summed E-state index contributed by atoms with van der Waals surface area (Å²) in [6, 6.07) is 23.4. The quantitative estimate of drug-likeness (QED) is 0.543. The topological polar surface area (TPSA) is 79.0 Å². The van der Waals surface area contributed by atoms with Gasteiger partial charge >= 0.3 is 0 Å².